The second kappa shape index (κ2) is 26.6. The molecule has 0 aromatic rings. The Balaban J connectivity index is -0.0000000576. The number of hydrogen-bond donors (Lipinski definition) is 2. The van der Waals surface area contributed by atoms with Crippen LogP contribution in [0, 0.1) is 22.7 Å². The number of ketones is 2. The van der Waals surface area contributed by atoms with E-state index in [0.29, 0.717) is 0 Å². The third-order valence-corrected chi connectivity index (χ3v) is 0.824. The van der Waals surface area contributed by atoms with Gasteiger partial charge in [-0.2, -0.15) is 10.5 Å². The molecule has 0 aromatic carbocycles. The second-order valence-corrected chi connectivity index (χ2v) is 3.24. The first-order chi connectivity index (χ1) is 9.08. The van der Waals surface area contributed by atoms with Gasteiger partial charge in [-0.05, 0) is 27.7 Å². The number of rotatable bonds is 2. The molecule has 0 aliphatic rings. The molecule has 0 fully saturated rings. The molecular formula is C14H22N2O4Ru. The maximum absolute atomic E-state index is 10.0. The minimum atomic E-state index is -0.125. The number of nitriles is 2. The number of aliphatic hydroxyl groups excluding tert-OH is 2. The molecule has 120 valence electrons. The van der Waals surface area contributed by atoms with Gasteiger partial charge >= 0.3 is 0 Å². The van der Waals surface area contributed by atoms with Gasteiger partial charge in [-0.25, -0.2) is 0 Å². The topological polar surface area (TPSA) is 122 Å². The van der Waals surface area contributed by atoms with Crippen LogP contribution in [0.25, 0.3) is 0 Å². The van der Waals surface area contributed by atoms with Gasteiger partial charge in [0, 0.05) is 45.5 Å². The smallest absolute Gasteiger partial charge is 0.155 e. The summed E-state index contributed by atoms with van der Waals surface area (Å²) in [6, 6.07) is 3.50. The largest absolute Gasteiger partial charge is 0.512 e. The monoisotopic (exact) mass is 384 g/mol. The Labute approximate surface area is 139 Å². The van der Waals surface area contributed by atoms with E-state index >= 15 is 0 Å². The van der Waals surface area contributed by atoms with Crippen molar-refractivity contribution in [1.29, 1.82) is 10.5 Å². The molecule has 0 atom stereocenters. The SMILES string of the molecule is CC#N.CC#N.CC(=O)/C=C(/C)O.CC(=O)/C=C(\C)O.[Ru]. The van der Waals surface area contributed by atoms with Gasteiger partial charge in [0.15, 0.2) is 11.6 Å². The standard InChI is InChI=1S/2C5H8O2.2C2H3N.Ru/c2*1-4(6)3-5(2)7;2*1-2-3;/h2*3,6H,1-2H3;2*1H3;/b4-3+;4-3-;;;. The van der Waals surface area contributed by atoms with E-state index in [1.54, 1.807) is 12.1 Å². The summed E-state index contributed by atoms with van der Waals surface area (Å²) in [6.07, 6.45) is 2.33. The summed E-state index contributed by atoms with van der Waals surface area (Å²) in [6.45, 7) is 8.56. The van der Waals surface area contributed by atoms with Crippen LogP contribution in [0.1, 0.15) is 41.5 Å². The fraction of sp³-hybridized carbons (Fsp3) is 0.429. The summed E-state index contributed by atoms with van der Waals surface area (Å²) in [7, 11) is 0. The van der Waals surface area contributed by atoms with Gasteiger partial charge in [0.05, 0.1) is 23.7 Å². The van der Waals surface area contributed by atoms with Gasteiger partial charge in [0.1, 0.15) is 0 Å². The second-order valence-electron chi connectivity index (χ2n) is 3.24. The summed E-state index contributed by atoms with van der Waals surface area (Å²) >= 11 is 0. The van der Waals surface area contributed by atoms with Crippen molar-refractivity contribution in [3.63, 3.8) is 0 Å². The first kappa shape index (κ1) is 31.4. The molecule has 0 aliphatic carbocycles. The maximum Gasteiger partial charge on any atom is 0.155 e. The van der Waals surface area contributed by atoms with Crippen molar-refractivity contribution in [2.24, 2.45) is 0 Å². The molecule has 6 nitrogen and oxygen atoms in total. The zero-order valence-corrected chi connectivity index (χ0v) is 14.9. The van der Waals surface area contributed by atoms with Crippen molar-refractivity contribution in [3.05, 3.63) is 23.7 Å². The molecule has 0 saturated heterocycles. The fourth-order valence-corrected chi connectivity index (χ4v) is 0.588. The summed E-state index contributed by atoms with van der Waals surface area (Å²) < 4.78 is 0. The van der Waals surface area contributed by atoms with E-state index < -0.39 is 0 Å². The number of carbonyl (C=O) groups excluding carboxylic acids is 2. The van der Waals surface area contributed by atoms with Crippen LogP contribution in [0.4, 0.5) is 0 Å². The summed E-state index contributed by atoms with van der Waals surface area (Å²) in [5.41, 5.74) is 0. The molecule has 0 aromatic heterocycles. The van der Waals surface area contributed by atoms with E-state index in [4.69, 9.17) is 20.7 Å². The van der Waals surface area contributed by atoms with Crippen LogP contribution in [-0.4, -0.2) is 21.8 Å². The predicted octanol–water partition coefficient (Wildman–Crippen LogP) is 3.13. The van der Waals surface area contributed by atoms with Crippen molar-refractivity contribution in [2.75, 3.05) is 0 Å². The van der Waals surface area contributed by atoms with E-state index in [1.165, 1.54) is 53.7 Å². The van der Waals surface area contributed by atoms with Crippen LogP contribution in [0.2, 0.25) is 0 Å². The summed E-state index contributed by atoms with van der Waals surface area (Å²) in [5, 5.41) is 31.4. The predicted molar refractivity (Wildman–Crippen MR) is 76.7 cm³/mol. The molecule has 2 N–H and O–H groups in total. The van der Waals surface area contributed by atoms with Gasteiger partial charge in [-0.1, -0.05) is 0 Å². The number of allylic oxidation sites excluding steroid dienone is 4. The van der Waals surface area contributed by atoms with E-state index in [2.05, 4.69) is 0 Å². The van der Waals surface area contributed by atoms with Crippen molar-refractivity contribution in [2.45, 2.75) is 41.5 Å². The Kier molecular flexibility index (Phi) is 39.7. The molecule has 0 spiro atoms. The molecule has 0 rings (SSSR count). The van der Waals surface area contributed by atoms with Crippen LogP contribution < -0.4 is 0 Å². The molecule has 0 saturated carbocycles. The molecule has 7 heteroatoms. The zero-order valence-electron chi connectivity index (χ0n) is 13.1. The normalized spacial score (nSPS) is 8.38. The fourth-order valence-electron chi connectivity index (χ4n) is 0.588. The quantitative estimate of drug-likeness (QED) is 0.429. The van der Waals surface area contributed by atoms with Gasteiger partial charge < -0.3 is 10.2 Å². The van der Waals surface area contributed by atoms with E-state index in [1.807, 2.05) is 0 Å². The Morgan fingerprint density at radius 1 is 0.810 bits per heavy atom. The first-order valence-corrected chi connectivity index (χ1v) is 5.46. The number of aliphatic hydroxyl groups is 2. The van der Waals surface area contributed by atoms with E-state index in [0.717, 1.165) is 0 Å². The Hall–Kier alpha value is -1.98. The van der Waals surface area contributed by atoms with Crippen LogP contribution in [-0.2, 0) is 29.1 Å². The maximum atomic E-state index is 10.0. The van der Waals surface area contributed by atoms with Gasteiger partial charge in [-0.3, -0.25) is 9.59 Å². The van der Waals surface area contributed by atoms with E-state index in [9.17, 15) is 9.59 Å². The molecule has 0 bridgehead atoms. The van der Waals surface area contributed by atoms with Crippen molar-refractivity contribution < 1.29 is 39.3 Å². The van der Waals surface area contributed by atoms with Crippen LogP contribution in [0.5, 0.6) is 0 Å². The first-order valence-electron chi connectivity index (χ1n) is 5.46. The third-order valence-electron chi connectivity index (χ3n) is 0.824. The van der Waals surface area contributed by atoms with Crippen molar-refractivity contribution in [3.8, 4) is 12.1 Å². The number of hydrogen-bond acceptors (Lipinski definition) is 6. The summed E-state index contributed by atoms with van der Waals surface area (Å²) in [5.74, 6) is -0.125. The molecule has 0 radical (unpaired) electrons. The van der Waals surface area contributed by atoms with Gasteiger partial charge in [-0.15, -0.1) is 0 Å². The Morgan fingerprint density at radius 2 is 0.952 bits per heavy atom. The molecule has 0 amide bonds. The molecule has 0 heterocycles. The van der Waals surface area contributed by atoms with Crippen molar-refractivity contribution in [1.82, 2.24) is 0 Å². The van der Waals surface area contributed by atoms with Crippen molar-refractivity contribution >= 4 is 11.6 Å². The average Bonchev–Trinajstić information content (AvgIpc) is 2.15. The number of carbonyl (C=O) groups is 2. The third kappa shape index (κ3) is 128. The molecule has 0 aliphatic heterocycles. The van der Waals surface area contributed by atoms with Crippen LogP contribution >= 0.6 is 0 Å². The van der Waals surface area contributed by atoms with Crippen LogP contribution in [0.15, 0.2) is 23.7 Å². The average molecular weight is 383 g/mol. The summed E-state index contributed by atoms with van der Waals surface area (Å²) in [4.78, 5) is 20.0. The van der Waals surface area contributed by atoms with Crippen LogP contribution in [0.3, 0.4) is 0 Å². The zero-order chi connectivity index (χ0) is 17.1. The van der Waals surface area contributed by atoms with E-state index in [-0.39, 0.29) is 42.6 Å². The minimum Gasteiger partial charge on any atom is -0.512 e. The molecule has 0 unspecified atom stereocenters. The number of nitrogens with zero attached hydrogens (tertiary/aromatic N) is 2. The minimum absolute atomic E-state index is 0. The van der Waals surface area contributed by atoms with Gasteiger partial charge in [0.2, 0.25) is 0 Å². The Bertz CT molecular complexity index is 368. The molecule has 21 heavy (non-hydrogen) atoms. The molecular weight excluding hydrogens is 361 g/mol. The Morgan fingerprint density at radius 3 is 0.952 bits per heavy atom. The van der Waals surface area contributed by atoms with Gasteiger partial charge in [0.25, 0.3) is 0 Å².